The highest BCUT2D eigenvalue weighted by Gasteiger charge is 2.16. The molecule has 1 aliphatic rings. The smallest absolute Gasteiger partial charge is 0.244 e. The molecule has 1 N–H and O–H groups in total. The third kappa shape index (κ3) is 3.56. The van der Waals surface area contributed by atoms with Crippen molar-refractivity contribution in [1.82, 2.24) is 4.57 Å². The van der Waals surface area contributed by atoms with Gasteiger partial charge in [-0.2, -0.15) is 0 Å². The van der Waals surface area contributed by atoms with Crippen molar-refractivity contribution in [3.8, 4) is 0 Å². The van der Waals surface area contributed by atoms with E-state index in [1.165, 1.54) is 24.1 Å². The average molecular weight is 412 g/mol. The molecular formula is C26H25N3O2. The van der Waals surface area contributed by atoms with Gasteiger partial charge in [0.1, 0.15) is 6.54 Å². The van der Waals surface area contributed by atoms with Crippen molar-refractivity contribution in [3.63, 3.8) is 0 Å². The van der Waals surface area contributed by atoms with Crippen LogP contribution in [0.4, 0.5) is 11.4 Å². The van der Waals surface area contributed by atoms with Crippen LogP contribution in [0.15, 0.2) is 71.5 Å². The Labute approximate surface area is 180 Å². The van der Waals surface area contributed by atoms with Gasteiger partial charge < -0.3 is 14.8 Å². The molecule has 5 rings (SSSR count). The van der Waals surface area contributed by atoms with E-state index in [9.17, 15) is 9.59 Å². The number of carbonyl (C=O) groups excluding carboxylic acids is 1. The second-order valence-electron chi connectivity index (χ2n) is 8.19. The summed E-state index contributed by atoms with van der Waals surface area (Å²) in [7, 11) is 0. The maximum atomic E-state index is 13.0. The third-order valence-electron chi connectivity index (χ3n) is 6.11. The van der Waals surface area contributed by atoms with Gasteiger partial charge in [0.15, 0.2) is 5.43 Å². The molecule has 0 spiro atoms. The van der Waals surface area contributed by atoms with Gasteiger partial charge in [-0.25, -0.2) is 0 Å². The molecular weight excluding hydrogens is 386 g/mol. The number of amides is 1. The van der Waals surface area contributed by atoms with Gasteiger partial charge in [0.25, 0.3) is 0 Å². The fourth-order valence-corrected chi connectivity index (χ4v) is 4.64. The molecule has 2 heterocycles. The predicted octanol–water partition coefficient (Wildman–Crippen LogP) is 4.70. The number of anilines is 2. The molecule has 31 heavy (non-hydrogen) atoms. The second kappa shape index (κ2) is 7.91. The van der Waals surface area contributed by atoms with Gasteiger partial charge in [-0.3, -0.25) is 9.59 Å². The lowest BCUT2D eigenvalue weighted by Crippen LogP contribution is -2.22. The summed E-state index contributed by atoms with van der Waals surface area (Å²) in [5, 5.41) is 4.29. The minimum atomic E-state index is -0.118. The minimum absolute atomic E-state index is 0.00372. The zero-order chi connectivity index (χ0) is 21.4. The molecule has 0 bridgehead atoms. The van der Waals surface area contributed by atoms with E-state index in [0.29, 0.717) is 10.8 Å². The first kappa shape index (κ1) is 19.4. The van der Waals surface area contributed by atoms with Gasteiger partial charge in [-0.15, -0.1) is 0 Å². The highest BCUT2D eigenvalue weighted by molar-refractivity contribution is 5.97. The van der Waals surface area contributed by atoms with Gasteiger partial charge in [0, 0.05) is 35.2 Å². The number of benzene rings is 3. The van der Waals surface area contributed by atoms with Crippen molar-refractivity contribution in [3.05, 3.63) is 82.5 Å². The van der Waals surface area contributed by atoms with E-state index in [2.05, 4.69) is 23.2 Å². The number of carbonyl (C=O) groups is 1. The standard InChI is InChI=1S/C26H25N3O2/c1-18-16-19(12-13-22(18)28-14-6-7-15-28)27-25(30)17-29-23-10-4-2-8-20(23)26(31)21-9-3-5-11-24(21)29/h2-5,8-13,16H,6-7,14-15,17H2,1H3,(H,27,30). The molecule has 1 aromatic heterocycles. The number of aryl methyl sites for hydroxylation is 1. The number of hydrogen-bond donors (Lipinski definition) is 1. The van der Waals surface area contributed by atoms with Crippen LogP contribution in [0.3, 0.4) is 0 Å². The number of pyridine rings is 1. The fourth-order valence-electron chi connectivity index (χ4n) is 4.64. The molecule has 3 aromatic carbocycles. The van der Waals surface area contributed by atoms with Gasteiger partial charge in [0.05, 0.1) is 11.0 Å². The van der Waals surface area contributed by atoms with E-state index >= 15 is 0 Å². The molecule has 1 amide bonds. The van der Waals surface area contributed by atoms with Crippen LogP contribution in [0.1, 0.15) is 18.4 Å². The van der Waals surface area contributed by atoms with E-state index in [0.717, 1.165) is 29.8 Å². The van der Waals surface area contributed by atoms with Gasteiger partial charge in [-0.1, -0.05) is 24.3 Å². The summed E-state index contributed by atoms with van der Waals surface area (Å²) in [6, 6.07) is 21.0. The number of para-hydroxylation sites is 2. The molecule has 1 aliphatic heterocycles. The fraction of sp³-hybridized carbons (Fsp3) is 0.231. The lowest BCUT2D eigenvalue weighted by molar-refractivity contribution is -0.116. The number of fused-ring (bicyclic) bond motifs is 2. The summed E-state index contributed by atoms with van der Waals surface area (Å²) in [5.74, 6) is -0.118. The van der Waals surface area contributed by atoms with Crippen molar-refractivity contribution in [2.45, 2.75) is 26.3 Å². The van der Waals surface area contributed by atoms with E-state index in [-0.39, 0.29) is 17.9 Å². The highest BCUT2D eigenvalue weighted by atomic mass is 16.2. The van der Waals surface area contributed by atoms with Crippen LogP contribution >= 0.6 is 0 Å². The van der Waals surface area contributed by atoms with Gasteiger partial charge in [-0.05, 0) is 67.8 Å². The molecule has 0 atom stereocenters. The van der Waals surface area contributed by atoms with Crippen molar-refractivity contribution in [2.75, 3.05) is 23.3 Å². The maximum absolute atomic E-state index is 13.0. The van der Waals surface area contributed by atoms with Crippen LogP contribution in [0.5, 0.6) is 0 Å². The molecule has 1 saturated heterocycles. The van der Waals surface area contributed by atoms with Crippen LogP contribution in [-0.4, -0.2) is 23.6 Å². The molecule has 156 valence electrons. The zero-order valence-corrected chi connectivity index (χ0v) is 17.6. The molecule has 0 radical (unpaired) electrons. The lowest BCUT2D eigenvalue weighted by atomic mass is 10.1. The Morgan fingerprint density at radius 3 is 2.13 bits per heavy atom. The summed E-state index contributed by atoms with van der Waals surface area (Å²) >= 11 is 0. The van der Waals surface area contributed by atoms with Crippen LogP contribution in [0, 0.1) is 6.92 Å². The minimum Gasteiger partial charge on any atom is -0.371 e. The van der Waals surface area contributed by atoms with E-state index in [1.807, 2.05) is 65.2 Å². The van der Waals surface area contributed by atoms with Crippen molar-refractivity contribution >= 4 is 39.1 Å². The Morgan fingerprint density at radius 1 is 0.903 bits per heavy atom. The second-order valence-corrected chi connectivity index (χ2v) is 8.19. The highest BCUT2D eigenvalue weighted by Crippen LogP contribution is 2.27. The maximum Gasteiger partial charge on any atom is 0.244 e. The SMILES string of the molecule is Cc1cc(NC(=O)Cn2c3ccccc3c(=O)c3ccccc32)ccc1N1CCCC1. The Balaban J connectivity index is 1.46. The monoisotopic (exact) mass is 411 g/mol. The molecule has 5 heteroatoms. The van der Waals surface area contributed by atoms with Crippen LogP contribution in [0.2, 0.25) is 0 Å². The summed E-state index contributed by atoms with van der Waals surface area (Å²) in [6.07, 6.45) is 2.47. The molecule has 0 aliphatic carbocycles. The molecule has 1 fully saturated rings. The third-order valence-corrected chi connectivity index (χ3v) is 6.11. The summed E-state index contributed by atoms with van der Waals surface area (Å²) in [6.45, 7) is 4.42. The van der Waals surface area contributed by atoms with Crippen LogP contribution < -0.4 is 15.6 Å². The van der Waals surface area contributed by atoms with Crippen molar-refractivity contribution in [1.29, 1.82) is 0 Å². The molecule has 4 aromatic rings. The number of nitrogens with one attached hydrogen (secondary N) is 1. The normalized spacial score (nSPS) is 13.8. The number of hydrogen-bond acceptors (Lipinski definition) is 3. The first-order valence-corrected chi connectivity index (χ1v) is 10.8. The van der Waals surface area contributed by atoms with Crippen molar-refractivity contribution < 1.29 is 4.79 Å². The van der Waals surface area contributed by atoms with Gasteiger partial charge in [0.2, 0.25) is 5.91 Å². The van der Waals surface area contributed by atoms with Crippen molar-refractivity contribution in [2.24, 2.45) is 0 Å². The largest absolute Gasteiger partial charge is 0.371 e. The van der Waals surface area contributed by atoms with Crippen LogP contribution in [-0.2, 0) is 11.3 Å². The number of nitrogens with zero attached hydrogens (tertiary/aromatic N) is 2. The number of aromatic nitrogens is 1. The Bertz CT molecular complexity index is 1290. The van der Waals surface area contributed by atoms with E-state index < -0.39 is 0 Å². The number of rotatable bonds is 4. The van der Waals surface area contributed by atoms with E-state index in [1.54, 1.807) is 0 Å². The molecule has 5 nitrogen and oxygen atoms in total. The zero-order valence-electron chi connectivity index (χ0n) is 17.6. The Morgan fingerprint density at radius 2 is 1.52 bits per heavy atom. The Hall–Kier alpha value is -3.60. The molecule has 0 saturated carbocycles. The topological polar surface area (TPSA) is 54.3 Å². The first-order valence-electron chi connectivity index (χ1n) is 10.8. The van der Waals surface area contributed by atoms with Gasteiger partial charge >= 0.3 is 0 Å². The average Bonchev–Trinajstić information content (AvgIpc) is 3.31. The predicted molar refractivity (Wildman–Crippen MR) is 127 cm³/mol. The summed E-state index contributed by atoms with van der Waals surface area (Å²) < 4.78 is 1.92. The van der Waals surface area contributed by atoms with E-state index in [4.69, 9.17) is 0 Å². The first-order chi connectivity index (χ1) is 15.1. The molecule has 0 unspecified atom stereocenters. The summed E-state index contributed by atoms with van der Waals surface area (Å²) in [5.41, 5.74) is 4.73. The lowest BCUT2D eigenvalue weighted by Gasteiger charge is -2.21. The Kier molecular flexibility index (Phi) is 4.94. The van der Waals surface area contributed by atoms with Crippen LogP contribution in [0.25, 0.3) is 21.8 Å². The summed E-state index contributed by atoms with van der Waals surface area (Å²) in [4.78, 5) is 28.3. The quantitative estimate of drug-likeness (QED) is 0.495.